The van der Waals surface area contributed by atoms with Gasteiger partial charge in [-0.05, 0) is 47.5 Å². The Bertz CT molecular complexity index is 761. The van der Waals surface area contributed by atoms with Crippen LogP contribution < -0.4 is 16.3 Å². The molecule has 0 bridgehead atoms. The Balaban J connectivity index is 2.27. The molecule has 0 unspecified atom stereocenters. The number of halogens is 1. The fourth-order valence-corrected chi connectivity index (χ4v) is 2.58. The van der Waals surface area contributed by atoms with Crippen LogP contribution >= 0.6 is 15.9 Å². The van der Waals surface area contributed by atoms with Crippen LogP contribution in [0.4, 0.5) is 0 Å². The molecule has 0 spiro atoms. The molecule has 4 N–H and O–H groups in total. The summed E-state index contributed by atoms with van der Waals surface area (Å²) in [5.41, 5.74) is 10.0. The molecule has 0 radical (unpaired) electrons. The average molecular weight is 406 g/mol. The number of hydrogen-bond donors (Lipinski definition) is 2. The van der Waals surface area contributed by atoms with Gasteiger partial charge in [0.25, 0.3) is 0 Å². The summed E-state index contributed by atoms with van der Waals surface area (Å²) in [6.07, 6.45) is 3.64. The van der Waals surface area contributed by atoms with E-state index < -0.39 is 0 Å². The largest absolute Gasteiger partial charge is 0.471 e. The predicted molar refractivity (Wildman–Crippen MR) is 103 cm³/mol. The van der Waals surface area contributed by atoms with Crippen molar-refractivity contribution in [3.63, 3.8) is 0 Å². The molecule has 134 valence electrons. The summed E-state index contributed by atoms with van der Waals surface area (Å²) in [6.45, 7) is 4.24. The van der Waals surface area contributed by atoms with E-state index in [1.165, 1.54) is 5.01 Å². The molecule has 0 saturated heterocycles. The standard InChI is InChI=1S/C18H24BrN5O/c1-4-6-13-7-5-10-22-18(13)25-11-16(24(3)21)17(20)15-9-8-14(19)12(2)23-15/h5,7-10H,4,6,11,20-21H2,1-3H3/b17-16-. The maximum atomic E-state index is 6.30. The number of likely N-dealkylation sites (N-methyl/N-ethyl adjacent to an activating group) is 1. The summed E-state index contributed by atoms with van der Waals surface area (Å²) in [4.78, 5) is 8.81. The Morgan fingerprint density at radius 1 is 1.32 bits per heavy atom. The number of nitrogens with two attached hydrogens (primary N) is 2. The number of aryl methyl sites for hydroxylation is 2. The molecule has 2 aromatic rings. The van der Waals surface area contributed by atoms with Crippen molar-refractivity contribution in [2.45, 2.75) is 26.7 Å². The monoisotopic (exact) mass is 405 g/mol. The molecule has 0 amide bonds. The highest BCUT2D eigenvalue weighted by Crippen LogP contribution is 2.21. The van der Waals surface area contributed by atoms with E-state index in [1.807, 2.05) is 31.2 Å². The van der Waals surface area contributed by atoms with Gasteiger partial charge in [-0.15, -0.1) is 0 Å². The van der Waals surface area contributed by atoms with Gasteiger partial charge in [0.15, 0.2) is 0 Å². The topological polar surface area (TPSA) is 90.3 Å². The maximum absolute atomic E-state index is 6.30. The van der Waals surface area contributed by atoms with Gasteiger partial charge in [-0.3, -0.25) is 4.98 Å². The maximum Gasteiger partial charge on any atom is 0.216 e. The van der Waals surface area contributed by atoms with Gasteiger partial charge in [0, 0.05) is 23.3 Å². The van der Waals surface area contributed by atoms with Crippen LogP contribution in [0, 0.1) is 6.92 Å². The van der Waals surface area contributed by atoms with Gasteiger partial charge >= 0.3 is 0 Å². The minimum absolute atomic E-state index is 0.212. The van der Waals surface area contributed by atoms with Crippen molar-refractivity contribution in [1.82, 2.24) is 15.0 Å². The van der Waals surface area contributed by atoms with Gasteiger partial charge in [-0.2, -0.15) is 0 Å². The first-order valence-electron chi connectivity index (χ1n) is 8.11. The third kappa shape index (κ3) is 4.93. The summed E-state index contributed by atoms with van der Waals surface area (Å²) in [5, 5.41) is 1.46. The van der Waals surface area contributed by atoms with E-state index in [9.17, 15) is 0 Å². The number of pyridine rings is 2. The summed E-state index contributed by atoms with van der Waals surface area (Å²) >= 11 is 3.44. The number of hydrogen-bond acceptors (Lipinski definition) is 6. The third-order valence-electron chi connectivity index (χ3n) is 3.75. The summed E-state index contributed by atoms with van der Waals surface area (Å²) in [6, 6.07) is 7.69. The van der Waals surface area contributed by atoms with Crippen LogP contribution in [0.3, 0.4) is 0 Å². The molecule has 0 aliphatic rings. The highest BCUT2D eigenvalue weighted by molar-refractivity contribution is 9.10. The van der Waals surface area contributed by atoms with E-state index >= 15 is 0 Å². The van der Waals surface area contributed by atoms with E-state index in [2.05, 4.69) is 32.8 Å². The first kappa shape index (κ1) is 19.2. The fraction of sp³-hybridized carbons (Fsp3) is 0.333. The van der Waals surface area contributed by atoms with Crippen LogP contribution in [0.2, 0.25) is 0 Å². The van der Waals surface area contributed by atoms with Gasteiger partial charge in [0.2, 0.25) is 5.88 Å². The Morgan fingerprint density at radius 2 is 2.08 bits per heavy atom. The van der Waals surface area contributed by atoms with Crippen LogP contribution in [0.15, 0.2) is 40.6 Å². The van der Waals surface area contributed by atoms with Crippen molar-refractivity contribution >= 4 is 21.6 Å². The first-order valence-corrected chi connectivity index (χ1v) is 8.90. The zero-order valence-electron chi connectivity index (χ0n) is 14.8. The van der Waals surface area contributed by atoms with E-state index in [-0.39, 0.29) is 6.61 Å². The lowest BCUT2D eigenvalue weighted by Gasteiger charge is -2.20. The summed E-state index contributed by atoms with van der Waals surface area (Å²) in [7, 11) is 1.72. The number of ether oxygens (including phenoxy) is 1. The lowest BCUT2D eigenvalue weighted by Crippen LogP contribution is -2.31. The number of hydrazine groups is 1. The van der Waals surface area contributed by atoms with E-state index in [1.54, 1.807) is 13.2 Å². The Morgan fingerprint density at radius 3 is 2.72 bits per heavy atom. The molecule has 0 aliphatic heterocycles. The molecule has 25 heavy (non-hydrogen) atoms. The highest BCUT2D eigenvalue weighted by Gasteiger charge is 2.13. The van der Waals surface area contributed by atoms with E-state index in [0.717, 1.165) is 28.6 Å². The second-order valence-electron chi connectivity index (χ2n) is 5.74. The van der Waals surface area contributed by atoms with Crippen molar-refractivity contribution in [2.75, 3.05) is 13.7 Å². The van der Waals surface area contributed by atoms with Gasteiger partial charge in [0.1, 0.15) is 6.61 Å². The summed E-state index contributed by atoms with van der Waals surface area (Å²) < 4.78 is 6.83. The SMILES string of the molecule is CCCc1cccnc1OC/C(=C(/N)c1ccc(Br)c(C)n1)N(C)N. The smallest absolute Gasteiger partial charge is 0.216 e. The van der Waals surface area contributed by atoms with E-state index in [0.29, 0.717) is 23.0 Å². The third-order valence-corrected chi connectivity index (χ3v) is 4.59. The zero-order chi connectivity index (χ0) is 18.4. The second-order valence-corrected chi connectivity index (χ2v) is 6.60. The minimum atomic E-state index is 0.212. The Hall–Kier alpha value is -2.12. The molecule has 0 aliphatic carbocycles. The second kappa shape index (κ2) is 8.82. The lowest BCUT2D eigenvalue weighted by molar-refractivity contribution is 0.284. The van der Waals surface area contributed by atoms with Crippen molar-refractivity contribution in [1.29, 1.82) is 0 Å². The Kier molecular flexibility index (Phi) is 6.78. The van der Waals surface area contributed by atoms with Crippen LogP contribution in [-0.2, 0) is 6.42 Å². The van der Waals surface area contributed by atoms with Gasteiger partial charge in [-0.1, -0.05) is 19.4 Å². The van der Waals surface area contributed by atoms with Crippen molar-refractivity contribution in [2.24, 2.45) is 11.6 Å². The number of aromatic nitrogens is 2. The highest BCUT2D eigenvalue weighted by atomic mass is 79.9. The molecule has 0 aromatic carbocycles. The number of nitrogens with zero attached hydrogens (tertiary/aromatic N) is 3. The molecular weight excluding hydrogens is 382 g/mol. The number of rotatable bonds is 7. The van der Waals surface area contributed by atoms with Crippen molar-refractivity contribution < 1.29 is 4.74 Å². The average Bonchev–Trinajstić information content (AvgIpc) is 2.58. The molecule has 2 heterocycles. The summed E-state index contributed by atoms with van der Waals surface area (Å²) in [5.74, 6) is 6.57. The molecule has 7 heteroatoms. The minimum Gasteiger partial charge on any atom is -0.471 e. The van der Waals surface area contributed by atoms with E-state index in [4.69, 9.17) is 16.3 Å². The normalized spacial score (nSPS) is 11.9. The van der Waals surface area contributed by atoms with Gasteiger partial charge in [0.05, 0.1) is 22.8 Å². The molecular formula is C18H24BrN5O. The zero-order valence-corrected chi connectivity index (χ0v) is 16.4. The molecule has 6 nitrogen and oxygen atoms in total. The molecule has 0 saturated carbocycles. The van der Waals surface area contributed by atoms with Crippen LogP contribution in [0.1, 0.15) is 30.3 Å². The van der Waals surface area contributed by atoms with Gasteiger partial charge in [-0.25, -0.2) is 10.8 Å². The molecule has 0 atom stereocenters. The first-order chi connectivity index (χ1) is 11.9. The van der Waals surface area contributed by atoms with Crippen molar-refractivity contribution in [3.05, 3.63) is 57.6 Å². The molecule has 2 rings (SSSR count). The van der Waals surface area contributed by atoms with Gasteiger partial charge < -0.3 is 15.5 Å². The predicted octanol–water partition coefficient (Wildman–Crippen LogP) is 3.01. The van der Waals surface area contributed by atoms with Crippen molar-refractivity contribution in [3.8, 4) is 5.88 Å². The lowest BCUT2D eigenvalue weighted by atomic mass is 10.1. The Labute approximate surface area is 157 Å². The molecule has 0 fully saturated rings. The quantitative estimate of drug-likeness (QED) is 0.543. The van der Waals surface area contributed by atoms with Crippen LogP contribution in [0.25, 0.3) is 5.70 Å². The van der Waals surface area contributed by atoms with Crippen LogP contribution in [0.5, 0.6) is 5.88 Å². The fourth-order valence-electron chi connectivity index (χ4n) is 2.36. The van der Waals surface area contributed by atoms with Crippen LogP contribution in [-0.4, -0.2) is 28.6 Å². The molecule has 2 aromatic heterocycles.